The highest BCUT2D eigenvalue weighted by Crippen LogP contribution is 2.07. The molecule has 0 amide bonds. The van der Waals surface area contributed by atoms with E-state index in [-0.39, 0.29) is 4.90 Å². The fraction of sp³-hybridized carbons (Fsp3) is 0.286. The molecule has 59 valence electrons. The Morgan fingerprint density at radius 3 is 2.55 bits per heavy atom. The Kier molecular flexibility index (Phi) is 1.95. The average molecular weight is 170 g/mol. The van der Waals surface area contributed by atoms with Crippen molar-refractivity contribution < 1.29 is 8.42 Å². The largest absolute Gasteiger partial charge is 0.253 e. The Balaban J connectivity index is 3.28. The third kappa shape index (κ3) is 2.01. The van der Waals surface area contributed by atoms with Gasteiger partial charge in [0.25, 0.3) is 0 Å². The number of hydrogen-bond acceptors (Lipinski definition) is 3. The van der Waals surface area contributed by atoms with Crippen LogP contribution in [0.25, 0.3) is 0 Å². The lowest BCUT2D eigenvalue weighted by Crippen LogP contribution is -1.97. The van der Waals surface area contributed by atoms with Crippen LogP contribution in [0.15, 0.2) is 17.2 Å². The SMILES string of the molecule is Cc1[c]ncc(S(C)(=O)=O)c1. The monoisotopic (exact) mass is 170 g/mol. The molecular weight excluding hydrogens is 162 g/mol. The Bertz CT molecular complexity index is 356. The first kappa shape index (κ1) is 8.20. The van der Waals surface area contributed by atoms with Gasteiger partial charge in [-0.25, -0.2) is 8.42 Å². The quantitative estimate of drug-likeness (QED) is 0.619. The van der Waals surface area contributed by atoms with Gasteiger partial charge in [0.1, 0.15) is 0 Å². The average Bonchev–Trinajstić information content (AvgIpc) is 1.86. The van der Waals surface area contributed by atoms with Gasteiger partial charge in [0.2, 0.25) is 0 Å². The zero-order chi connectivity index (χ0) is 8.48. The maximum atomic E-state index is 10.9. The number of aryl methyl sites for hydroxylation is 1. The number of sulfone groups is 1. The predicted octanol–water partition coefficient (Wildman–Crippen LogP) is 0.594. The van der Waals surface area contributed by atoms with Crippen molar-refractivity contribution in [1.82, 2.24) is 4.98 Å². The molecular formula is C7H8NO2S. The van der Waals surface area contributed by atoms with Crippen LogP contribution in [0.3, 0.4) is 0 Å². The minimum Gasteiger partial charge on any atom is -0.253 e. The number of aromatic nitrogens is 1. The summed E-state index contributed by atoms with van der Waals surface area (Å²) in [6, 6.07) is 1.54. The van der Waals surface area contributed by atoms with E-state index < -0.39 is 9.84 Å². The summed E-state index contributed by atoms with van der Waals surface area (Å²) in [4.78, 5) is 3.89. The van der Waals surface area contributed by atoms with Gasteiger partial charge in [-0.05, 0) is 18.6 Å². The fourth-order valence-corrected chi connectivity index (χ4v) is 1.32. The standard InChI is InChI=1S/C7H8NO2S/c1-6-3-7(5-8-4-6)11(2,9)10/h3,5H,1-2H3. The number of hydrogen-bond donors (Lipinski definition) is 0. The van der Waals surface area contributed by atoms with Crippen LogP contribution in [-0.2, 0) is 9.84 Å². The van der Waals surface area contributed by atoms with Gasteiger partial charge in [0, 0.05) is 12.5 Å². The van der Waals surface area contributed by atoms with Crippen molar-refractivity contribution in [3.8, 4) is 0 Å². The van der Waals surface area contributed by atoms with Crippen molar-refractivity contribution >= 4 is 9.84 Å². The molecule has 0 N–H and O–H groups in total. The first-order valence-corrected chi connectivity index (χ1v) is 4.93. The minimum absolute atomic E-state index is 0.244. The van der Waals surface area contributed by atoms with Crippen LogP contribution in [0.2, 0.25) is 0 Å². The molecule has 1 aromatic heterocycles. The van der Waals surface area contributed by atoms with E-state index in [2.05, 4.69) is 11.2 Å². The number of nitrogens with zero attached hydrogens (tertiary/aromatic N) is 1. The van der Waals surface area contributed by atoms with E-state index >= 15 is 0 Å². The summed E-state index contributed by atoms with van der Waals surface area (Å²) < 4.78 is 21.9. The van der Waals surface area contributed by atoms with Gasteiger partial charge in [-0.3, -0.25) is 4.98 Å². The Morgan fingerprint density at radius 1 is 1.55 bits per heavy atom. The summed E-state index contributed by atoms with van der Waals surface area (Å²) >= 11 is 0. The van der Waals surface area contributed by atoms with Gasteiger partial charge in [-0.1, -0.05) is 0 Å². The van der Waals surface area contributed by atoms with Crippen molar-refractivity contribution in [2.75, 3.05) is 6.26 Å². The summed E-state index contributed by atoms with van der Waals surface area (Å²) in [5.41, 5.74) is 0.730. The van der Waals surface area contributed by atoms with Gasteiger partial charge in [-0.15, -0.1) is 0 Å². The minimum atomic E-state index is -3.11. The molecule has 0 atom stereocenters. The molecule has 0 saturated heterocycles. The first-order chi connectivity index (χ1) is 5.00. The molecule has 0 saturated carbocycles. The van der Waals surface area contributed by atoms with Gasteiger partial charge in [-0.2, -0.15) is 0 Å². The van der Waals surface area contributed by atoms with Gasteiger partial charge in [0.15, 0.2) is 9.84 Å². The van der Waals surface area contributed by atoms with E-state index in [4.69, 9.17) is 0 Å². The molecule has 0 aliphatic carbocycles. The summed E-state index contributed by atoms with van der Waals surface area (Å²) in [7, 11) is -3.11. The molecule has 3 nitrogen and oxygen atoms in total. The summed E-state index contributed by atoms with van der Waals surface area (Å²) in [5, 5.41) is 0. The van der Waals surface area contributed by atoms with Crippen LogP contribution >= 0.6 is 0 Å². The summed E-state index contributed by atoms with van der Waals surface area (Å²) in [6.07, 6.45) is 5.08. The molecule has 11 heavy (non-hydrogen) atoms. The lowest BCUT2D eigenvalue weighted by molar-refractivity contribution is 0.601. The molecule has 1 heterocycles. The highest BCUT2D eigenvalue weighted by Gasteiger charge is 2.06. The summed E-state index contributed by atoms with van der Waals surface area (Å²) in [6.45, 7) is 1.75. The lowest BCUT2D eigenvalue weighted by atomic mass is 10.3. The second-order valence-electron chi connectivity index (χ2n) is 2.37. The van der Waals surface area contributed by atoms with E-state index in [1.54, 1.807) is 13.0 Å². The van der Waals surface area contributed by atoms with Gasteiger partial charge >= 0.3 is 0 Å². The highest BCUT2D eigenvalue weighted by atomic mass is 32.2. The van der Waals surface area contributed by atoms with E-state index in [0.29, 0.717) is 0 Å². The zero-order valence-corrected chi connectivity index (χ0v) is 7.14. The van der Waals surface area contributed by atoms with Crippen molar-refractivity contribution in [1.29, 1.82) is 0 Å². The van der Waals surface area contributed by atoms with Crippen molar-refractivity contribution in [2.45, 2.75) is 11.8 Å². The molecule has 1 rings (SSSR count). The molecule has 0 bridgehead atoms. The Hall–Kier alpha value is -0.900. The van der Waals surface area contributed by atoms with Crippen molar-refractivity contribution in [3.05, 3.63) is 24.0 Å². The molecule has 0 fully saturated rings. The highest BCUT2D eigenvalue weighted by molar-refractivity contribution is 7.90. The number of rotatable bonds is 1. The fourth-order valence-electron chi connectivity index (χ4n) is 0.683. The maximum absolute atomic E-state index is 10.9. The van der Waals surface area contributed by atoms with Gasteiger partial charge in [0.05, 0.1) is 11.1 Å². The van der Waals surface area contributed by atoms with Crippen molar-refractivity contribution in [3.63, 3.8) is 0 Å². The van der Waals surface area contributed by atoms with Crippen LogP contribution < -0.4 is 0 Å². The molecule has 1 radical (unpaired) electrons. The lowest BCUT2D eigenvalue weighted by Gasteiger charge is -1.96. The van der Waals surface area contributed by atoms with Crippen LogP contribution in [0.5, 0.6) is 0 Å². The van der Waals surface area contributed by atoms with E-state index in [1.807, 2.05) is 0 Å². The van der Waals surface area contributed by atoms with E-state index in [1.165, 1.54) is 6.20 Å². The Morgan fingerprint density at radius 2 is 2.18 bits per heavy atom. The molecule has 0 aliphatic heterocycles. The molecule has 0 aromatic carbocycles. The predicted molar refractivity (Wildman–Crippen MR) is 40.9 cm³/mol. The molecule has 4 heteroatoms. The number of pyridine rings is 1. The van der Waals surface area contributed by atoms with Crippen LogP contribution in [-0.4, -0.2) is 19.7 Å². The van der Waals surface area contributed by atoms with E-state index in [0.717, 1.165) is 11.8 Å². The van der Waals surface area contributed by atoms with Crippen molar-refractivity contribution in [2.24, 2.45) is 0 Å². The molecule has 0 aliphatic rings. The zero-order valence-electron chi connectivity index (χ0n) is 6.33. The normalized spacial score (nSPS) is 11.5. The smallest absolute Gasteiger partial charge is 0.177 e. The molecule has 1 aromatic rings. The van der Waals surface area contributed by atoms with E-state index in [9.17, 15) is 8.42 Å². The third-order valence-corrected chi connectivity index (χ3v) is 2.30. The van der Waals surface area contributed by atoms with Crippen LogP contribution in [0.1, 0.15) is 5.56 Å². The van der Waals surface area contributed by atoms with Crippen LogP contribution in [0, 0.1) is 13.1 Å². The third-order valence-electron chi connectivity index (χ3n) is 1.22. The molecule has 0 spiro atoms. The summed E-state index contributed by atoms with van der Waals surface area (Å²) in [5.74, 6) is 0. The second-order valence-corrected chi connectivity index (χ2v) is 4.39. The second kappa shape index (κ2) is 2.62. The first-order valence-electron chi connectivity index (χ1n) is 3.04. The maximum Gasteiger partial charge on any atom is 0.177 e. The topological polar surface area (TPSA) is 47.0 Å². The Labute approximate surface area is 66.0 Å². The van der Waals surface area contributed by atoms with Gasteiger partial charge < -0.3 is 0 Å². The van der Waals surface area contributed by atoms with Crippen LogP contribution in [0.4, 0.5) is 0 Å². The molecule has 0 unspecified atom stereocenters.